The third kappa shape index (κ3) is 3.62. The van der Waals surface area contributed by atoms with Gasteiger partial charge in [-0.15, -0.1) is 0 Å². The molecular weight excluding hydrogens is 290 g/mol. The van der Waals surface area contributed by atoms with Gasteiger partial charge in [-0.1, -0.05) is 35.9 Å². The minimum atomic E-state index is -0.283. The Morgan fingerprint density at radius 3 is 2.71 bits per heavy atom. The Balaban J connectivity index is 2.17. The highest BCUT2D eigenvalue weighted by Gasteiger charge is 2.09. The molecule has 0 aliphatic heterocycles. The van der Waals surface area contributed by atoms with E-state index in [0.29, 0.717) is 25.4 Å². The zero-order valence-electron chi connectivity index (χ0n) is 12.1. The van der Waals surface area contributed by atoms with Gasteiger partial charge in [0, 0.05) is 20.2 Å². The number of aromatic nitrogens is 2. The Bertz CT molecular complexity index is 670. The molecule has 1 aromatic carbocycles. The Labute approximate surface area is 128 Å². The smallest absolute Gasteiger partial charge is 0.287 e. The lowest BCUT2D eigenvalue weighted by Crippen LogP contribution is -2.23. The number of aryl methyl sites for hydroxylation is 1. The van der Waals surface area contributed by atoms with Crippen molar-refractivity contribution in [1.29, 1.82) is 0 Å². The van der Waals surface area contributed by atoms with E-state index in [1.807, 2.05) is 31.2 Å². The molecule has 0 fully saturated rings. The Kier molecular flexibility index (Phi) is 5.36. The number of hydrogen-bond donors (Lipinski definition) is 1. The number of nitrogens with one attached hydrogen (secondary N) is 1. The number of anilines is 1. The lowest BCUT2D eigenvalue weighted by molar-refractivity contribution is 0.184. The molecule has 1 aromatic heterocycles. The monoisotopic (exact) mass is 307 g/mol. The van der Waals surface area contributed by atoms with Gasteiger partial charge in [0.25, 0.3) is 5.56 Å². The van der Waals surface area contributed by atoms with E-state index < -0.39 is 0 Å². The topological polar surface area (TPSA) is 56.1 Å². The van der Waals surface area contributed by atoms with Crippen LogP contribution in [0.1, 0.15) is 18.1 Å². The summed E-state index contributed by atoms with van der Waals surface area (Å²) < 4.78 is 6.50. The summed E-state index contributed by atoms with van der Waals surface area (Å²) in [6.07, 6.45) is 1.58. The van der Waals surface area contributed by atoms with Gasteiger partial charge >= 0.3 is 0 Å². The molecule has 0 saturated heterocycles. The van der Waals surface area contributed by atoms with Gasteiger partial charge in [0.1, 0.15) is 5.02 Å². The second-order valence-corrected chi connectivity index (χ2v) is 4.93. The van der Waals surface area contributed by atoms with Gasteiger partial charge in [-0.2, -0.15) is 5.10 Å². The van der Waals surface area contributed by atoms with Gasteiger partial charge in [0.05, 0.1) is 18.5 Å². The Hall–Kier alpha value is -1.85. The third-order valence-corrected chi connectivity index (χ3v) is 3.54. The van der Waals surface area contributed by atoms with Crippen molar-refractivity contribution in [2.24, 2.45) is 0 Å². The first-order valence-corrected chi connectivity index (χ1v) is 7.10. The average molecular weight is 308 g/mol. The summed E-state index contributed by atoms with van der Waals surface area (Å²) in [5, 5.41) is 7.38. The maximum absolute atomic E-state index is 11.9. The molecule has 0 bridgehead atoms. The van der Waals surface area contributed by atoms with E-state index in [1.54, 1.807) is 13.3 Å². The molecule has 0 radical (unpaired) electrons. The molecule has 5 nitrogen and oxygen atoms in total. The number of halogens is 1. The van der Waals surface area contributed by atoms with Crippen molar-refractivity contribution in [3.63, 3.8) is 0 Å². The summed E-state index contributed by atoms with van der Waals surface area (Å²) in [6, 6.07) is 7.95. The first-order valence-electron chi connectivity index (χ1n) is 6.72. The predicted molar refractivity (Wildman–Crippen MR) is 83.7 cm³/mol. The molecule has 1 N–H and O–H groups in total. The van der Waals surface area contributed by atoms with Crippen molar-refractivity contribution in [3.05, 3.63) is 57.0 Å². The molecule has 6 heteroatoms. The fourth-order valence-electron chi connectivity index (χ4n) is 2.03. The number of methoxy groups -OCH3 is 1. The molecule has 0 unspecified atom stereocenters. The van der Waals surface area contributed by atoms with Crippen LogP contribution in [-0.2, 0) is 24.4 Å². The number of rotatable bonds is 6. The highest BCUT2D eigenvalue weighted by atomic mass is 35.5. The van der Waals surface area contributed by atoms with E-state index in [9.17, 15) is 4.79 Å². The second-order valence-electron chi connectivity index (χ2n) is 4.55. The van der Waals surface area contributed by atoms with Crippen molar-refractivity contribution in [2.75, 3.05) is 12.4 Å². The molecular formula is C15H18ClN3O2. The van der Waals surface area contributed by atoms with Crippen LogP contribution in [0.15, 0.2) is 35.3 Å². The maximum atomic E-state index is 11.9. The summed E-state index contributed by atoms with van der Waals surface area (Å²) in [5.41, 5.74) is 2.45. The number of nitrogens with zero attached hydrogens (tertiary/aromatic N) is 2. The van der Waals surface area contributed by atoms with E-state index in [1.165, 1.54) is 4.68 Å². The van der Waals surface area contributed by atoms with Crippen LogP contribution in [0.3, 0.4) is 0 Å². The van der Waals surface area contributed by atoms with Crippen LogP contribution in [0.2, 0.25) is 5.02 Å². The molecule has 112 valence electrons. The molecule has 0 aliphatic carbocycles. The summed E-state index contributed by atoms with van der Waals surface area (Å²) in [6.45, 7) is 3.44. The largest absolute Gasteiger partial charge is 0.380 e. The van der Waals surface area contributed by atoms with Crippen molar-refractivity contribution < 1.29 is 4.74 Å². The van der Waals surface area contributed by atoms with Gasteiger partial charge in [0.15, 0.2) is 0 Å². The summed E-state index contributed by atoms with van der Waals surface area (Å²) >= 11 is 6.08. The van der Waals surface area contributed by atoms with E-state index >= 15 is 0 Å². The molecule has 2 rings (SSSR count). The quantitative estimate of drug-likeness (QED) is 0.891. The molecule has 0 aliphatic rings. The van der Waals surface area contributed by atoms with Crippen LogP contribution in [0.4, 0.5) is 5.69 Å². The maximum Gasteiger partial charge on any atom is 0.287 e. The lowest BCUT2D eigenvalue weighted by atomic mass is 10.1. The van der Waals surface area contributed by atoms with Gasteiger partial charge in [-0.3, -0.25) is 4.79 Å². The highest BCUT2D eigenvalue weighted by Crippen LogP contribution is 2.18. The molecule has 0 amide bonds. The van der Waals surface area contributed by atoms with E-state index in [2.05, 4.69) is 10.4 Å². The van der Waals surface area contributed by atoms with Crippen LogP contribution >= 0.6 is 11.6 Å². The summed E-state index contributed by atoms with van der Waals surface area (Å²) in [7, 11) is 1.66. The fraction of sp³-hybridized carbons (Fsp3) is 0.333. The standard InChI is InChI=1S/C15H18ClN3O2/c1-3-19-15(20)14(16)13(9-18-19)17-8-11-6-4-5-7-12(11)10-21-2/h4-7,9,17H,3,8,10H2,1-2H3. The van der Waals surface area contributed by atoms with Crippen LogP contribution in [0.25, 0.3) is 0 Å². The molecule has 1 heterocycles. The predicted octanol–water partition coefficient (Wildman–Crippen LogP) is 2.68. The molecule has 2 aromatic rings. The third-order valence-electron chi connectivity index (χ3n) is 3.17. The van der Waals surface area contributed by atoms with Crippen molar-refractivity contribution in [2.45, 2.75) is 26.6 Å². The fourth-order valence-corrected chi connectivity index (χ4v) is 2.24. The Morgan fingerprint density at radius 2 is 2.05 bits per heavy atom. The van der Waals surface area contributed by atoms with Crippen molar-refractivity contribution in [1.82, 2.24) is 9.78 Å². The van der Waals surface area contributed by atoms with Crippen molar-refractivity contribution in [3.8, 4) is 0 Å². The van der Waals surface area contributed by atoms with Crippen LogP contribution in [0, 0.1) is 0 Å². The van der Waals surface area contributed by atoms with Crippen LogP contribution in [0.5, 0.6) is 0 Å². The molecule has 0 atom stereocenters. The highest BCUT2D eigenvalue weighted by molar-refractivity contribution is 6.32. The SMILES string of the molecule is CCn1ncc(NCc2ccccc2COC)c(Cl)c1=O. The summed E-state index contributed by atoms with van der Waals surface area (Å²) in [4.78, 5) is 11.9. The minimum Gasteiger partial charge on any atom is -0.380 e. The van der Waals surface area contributed by atoms with Gasteiger partial charge in [-0.05, 0) is 18.1 Å². The minimum absolute atomic E-state index is 0.163. The zero-order chi connectivity index (χ0) is 15.2. The van der Waals surface area contributed by atoms with Gasteiger partial charge < -0.3 is 10.1 Å². The van der Waals surface area contributed by atoms with Crippen LogP contribution < -0.4 is 10.9 Å². The molecule has 21 heavy (non-hydrogen) atoms. The van der Waals surface area contributed by atoms with Crippen LogP contribution in [-0.4, -0.2) is 16.9 Å². The number of hydrogen-bond acceptors (Lipinski definition) is 4. The second kappa shape index (κ2) is 7.24. The van der Waals surface area contributed by atoms with Crippen molar-refractivity contribution >= 4 is 17.3 Å². The zero-order valence-corrected chi connectivity index (χ0v) is 12.9. The Morgan fingerprint density at radius 1 is 1.33 bits per heavy atom. The van der Waals surface area contributed by atoms with E-state index in [0.717, 1.165) is 11.1 Å². The normalized spacial score (nSPS) is 10.6. The number of ether oxygens (including phenoxy) is 1. The molecule has 0 spiro atoms. The first kappa shape index (κ1) is 15.5. The lowest BCUT2D eigenvalue weighted by Gasteiger charge is -2.12. The number of benzene rings is 1. The molecule has 0 saturated carbocycles. The van der Waals surface area contributed by atoms with E-state index in [-0.39, 0.29) is 10.6 Å². The average Bonchev–Trinajstić information content (AvgIpc) is 2.50. The van der Waals surface area contributed by atoms with Gasteiger partial charge in [0.2, 0.25) is 0 Å². The van der Waals surface area contributed by atoms with Gasteiger partial charge in [-0.25, -0.2) is 4.68 Å². The van der Waals surface area contributed by atoms with E-state index in [4.69, 9.17) is 16.3 Å². The first-order chi connectivity index (χ1) is 10.2. The summed E-state index contributed by atoms with van der Waals surface area (Å²) in [5.74, 6) is 0.